The molecule has 0 radical (unpaired) electrons. The van der Waals surface area contributed by atoms with Gasteiger partial charge in [0.05, 0.1) is 7.11 Å². The second kappa shape index (κ2) is 6.24. The predicted molar refractivity (Wildman–Crippen MR) is 83.7 cm³/mol. The molecule has 1 N–H and O–H groups in total. The molecule has 1 aromatic rings. The van der Waals surface area contributed by atoms with Gasteiger partial charge in [-0.2, -0.15) is 0 Å². The molecule has 4 heteroatoms. The van der Waals surface area contributed by atoms with E-state index in [0.29, 0.717) is 5.75 Å². The van der Waals surface area contributed by atoms with Crippen molar-refractivity contribution in [3.05, 3.63) is 23.8 Å². The lowest BCUT2D eigenvalue weighted by Gasteiger charge is -2.46. The van der Waals surface area contributed by atoms with Gasteiger partial charge in [-0.3, -0.25) is 4.90 Å². The molecule has 2 unspecified atom stereocenters. The summed E-state index contributed by atoms with van der Waals surface area (Å²) in [5, 5.41) is 9.68. The number of likely N-dealkylation sites (tertiary alicyclic amines) is 2. The third-order valence-electron chi connectivity index (χ3n) is 5.08. The summed E-state index contributed by atoms with van der Waals surface area (Å²) in [7, 11) is 3.87. The number of hydrogen-bond acceptors (Lipinski definition) is 4. The predicted octanol–water partition coefficient (Wildman–Crippen LogP) is 2.32. The van der Waals surface area contributed by atoms with Crippen molar-refractivity contribution in [1.82, 2.24) is 9.80 Å². The number of phenols is 1. The lowest BCUT2D eigenvalue weighted by Crippen LogP contribution is -2.52. The summed E-state index contributed by atoms with van der Waals surface area (Å²) in [4.78, 5) is 5.10. The number of phenolic OH excluding ortho intramolecular Hbond substituents is 1. The first-order chi connectivity index (χ1) is 10.2. The standard InChI is InChI=1S/C17H26N2O2/c1-18-8-3-4-14-12-19(9-7-15(14)18)11-13-5-6-16(20)17(10-13)21-2/h5-6,10,14-15,20H,3-4,7-9,11-12H2,1-2H3. The molecule has 2 heterocycles. The summed E-state index contributed by atoms with van der Waals surface area (Å²) >= 11 is 0. The molecule has 2 atom stereocenters. The largest absolute Gasteiger partial charge is 0.504 e. The molecule has 0 saturated carbocycles. The fourth-order valence-electron chi connectivity index (χ4n) is 3.95. The average molecular weight is 290 g/mol. The van der Waals surface area contributed by atoms with Gasteiger partial charge in [-0.25, -0.2) is 0 Å². The number of rotatable bonds is 3. The summed E-state index contributed by atoms with van der Waals surface area (Å²) in [5.74, 6) is 1.60. The molecular formula is C17H26N2O2. The maximum atomic E-state index is 9.68. The second-order valence-electron chi connectivity index (χ2n) is 6.48. The maximum absolute atomic E-state index is 9.68. The number of hydrogen-bond donors (Lipinski definition) is 1. The van der Waals surface area contributed by atoms with Crippen molar-refractivity contribution >= 4 is 0 Å². The summed E-state index contributed by atoms with van der Waals surface area (Å²) in [6, 6.07) is 6.46. The van der Waals surface area contributed by atoms with E-state index in [0.717, 1.165) is 25.0 Å². The quantitative estimate of drug-likeness (QED) is 0.927. The van der Waals surface area contributed by atoms with Crippen LogP contribution in [0.2, 0.25) is 0 Å². The highest BCUT2D eigenvalue weighted by atomic mass is 16.5. The van der Waals surface area contributed by atoms with Gasteiger partial charge in [0.25, 0.3) is 0 Å². The zero-order chi connectivity index (χ0) is 14.8. The van der Waals surface area contributed by atoms with E-state index in [1.165, 1.54) is 37.9 Å². The zero-order valence-electron chi connectivity index (χ0n) is 13.1. The average Bonchev–Trinajstić information content (AvgIpc) is 2.49. The van der Waals surface area contributed by atoms with Gasteiger partial charge in [-0.05, 0) is 63.0 Å². The van der Waals surface area contributed by atoms with Crippen LogP contribution < -0.4 is 4.74 Å². The van der Waals surface area contributed by atoms with Crippen LogP contribution in [-0.2, 0) is 6.54 Å². The number of aromatic hydroxyl groups is 1. The molecule has 3 rings (SSSR count). The molecule has 116 valence electrons. The Kier molecular flexibility index (Phi) is 4.36. The zero-order valence-corrected chi connectivity index (χ0v) is 13.1. The molecule has 2 fully saturated rings. The molecule has 0 aliphatic carbocycles. The smallest absolute Gasteiger partial charge is 0.160 e. The van der Waals surface area contributed by atoms with Crippen molar-refractivity contribution in [3.8, 4) is 11.5 Å². The van der Waals surface area contributed by atoms with E-state index in [1.807, 2.05) is 12.1 Å². The topological polar surface area (TPSA) is 35.9 Å². The highest BCUT2D eigenvalue weighted by molar-refractivity contribution is 5.41. The molecule has 2 aliphatic rings. The molecule has 0 bridgehead atoms. The van der Waals surface area contributed by atoms with Crippen molar-refractivity contribution in [1.29, 1.82) is 0 Å². The second-order valence-corrected chi connectivity index (χ2v) is 6.48. The monoisotopic (exact) mass is 290 g/mol. The van der Waals surface area contributed by atoms with Crippen LogP contribution in [0, 0.1) is 5.92 Å². The first-order valence-electron chi connectivity index (χ1n) is 7.96. The van der Waals surface area contributed by atoms with Crippen molar-refractivity contribution < 1.29 is 9.84 Å². The summed E-state index contributed by atoms with van der Waals surface area (Å²) in [5.41, 5.74) is 1.22. The van der Waals surface area contributed by atoms with Crippen LogP contribution in [0.4, 0.5) is 0 Å². The van der Waals surface area contributed by atoms with Crippen molar-refractivity contribution in [3.63, 3.8) is 0 Å². The highest BCUT2D eigenvalue weighted by Gasteiger charge is 2.34. The van der Waals surface area contributed by atoms with E-state index < -0.39 is 0 Å². The minimum absolute atomic E-state index is 0.217. The van der Waals surface area contributed by atoms with E-state index in [9.17, 15) is 5.11 Å². The van der Waals surface area contributed by atoms with Gasteiger partial charge in [0.1, 0.15) is 0 Å². The SMILES string of the molecule is COc1cc(CN2CCC3C(CCCN3C)C2)ccc1O. The normalized spacial score (nSPS) is 27.3. The van der Waals surface area contributed by atoms with Gasteiger partial charge in [-0.1, -0.05) is 6.07 Å². The van der Waals surface area contributed by atoms with Gasteiger partial charge < -0.3 is 14.7 Å². The molecule has 21 heavy (non-hydrogen) atoms. The van der Waals surface area contributed by atoms with Gasteiger partial charge in [0.15, 0.2) is 11.5 Å². The van der Waals surface area contributed by atoms with Gasteiger partial charge in [0, 0.05) is 19.1 Å². The van der Waals surface area contributed by atoms with E-state index in [2.05, 4.69) is 16.8 Å². The van der Waals surface area contributed by atoms with E-state index >= 15 is 0 Å². The first kappa shape index (κ1) is 14.7. The van der Waals surface area contributed by atoms with Gasteiger partial charge >= 0.3 is 0 Å². The van der Waals surface area contributed by atoms with E-state index in [-0.39, 0.29) is 5.75 Å². The molecule has 2 aliphatic heterocycles. The molecule has 1 aromatic carbocycles. The van der Waals surface area contributed by atoms with Crippen LogP contribution in [-0.4, -0.2) is 54.7 Å². The van der Waals surface area contributed by atoms with Crippen LogP contribution >= 0.6 is 0 Å². The summed E-state index contributed by atoms with van der Waals surface area (Å²) in [6.07, 6.45) is 3.97. The number of ether oxygens (including phenoxy) is 1. The Hall–Kier alpha value is -1.26. The minimum atomic E-state index is 0.217. The minimum Gasteiger partial charge on any atom is -0.504 e. The Morgan fingerprint density at radius 2 is 2.14 bits per heavy atom. The van der Waals surface area contributed by atoms with Gasteiger partial charge in [0.2, 0.25) is 0 Å². The number of nitrogens with zero attached hydrogens (tertiary/aromatic N) is 2. The maximum Gasteiger partial charge on any atom is 0.160 e. The molecule has 4 nitrogen and oxygen atoms in total. The van der Waals surface area contributed by atoms with Crippen LogP contribution in [0.25, 0.3) is 0 Å². The fraction of sp³-hybridized carbons (Fsp3) is 0.647. The third kappa shape index (κ3) is 3.16. The van der Waals surface area contributed by atoms with E-state index in [1.54, 1.807) is 13.2 Å². The fourth-order valence-corrected chi connectivity index (χ4v) is 3.95. The van der Waals surface area contributed by atoms with E-state index in [4.69, 9.17) is 4.74 Å². The molecule has 0 amide bonds. The number of fused-ring (bicyclic) bond motifs is 1. The lowest BCUT2D eigenvalue weighted by atomic mass is 9.84. The Bertz CT molecular complexity index is 492. The molecule has 0 spiro atoms. The summed E-state index contributed by atoms with van der Waals surface area (Å²) < 4.78 is 5.20. The Balaban J connectivity index is 1.64. The Morgan fingerprint density at radius 3 is 2.95 bits per heavy atom. The van der Waals surface area contributed by atoms with Crippen molar-refractivity contribution in [2.75, 3.05) is 33.8 Å². The number of piperidine rings is 2. The van der Waals surface area contributed by atoms with Crippen LogP contribution in [0.5, 0.6) is 11.5 Å². The van der Waals surface area contributed by atoms with Crippen LogP contribution in [0.15, 0.2) is 18.2 Å². The molecule has 2 saturated heterocycles. The number of methoxy groups -OCH3 is 1. The Morgan fingerprint density at radius 1 is 1.29 bits per heavy atom. The van der Waals surface area contributed by atoms with Crippen LogP contribution in [0.3, 0.4) is 0 Å². The molecule has 0 aromatic heterocycles. The lowest BCUT2D eigenvalue weighted by molar-refractivity contribution is 0.0354. The van der Waals surface area contributed by atoms with Crippen molar-refractivity contribution in [2.24, 2.45) is 5.92 Å². The third-order valence-corrected chi connectivity index (χ3v) is 5.08. The van der Waals surface area contributed by atoms with Crippen molar-refractivity contribution in [2.45, 2.75) is 31.8 Å². The highest BCUT2D eigenvalue weighted by Crippen LogP contribution is 2.31. The number of benzene rings is 1. The van der Waals surface area contributed by atoms with Crippen LogP contribution in [0.1, 0.15) is 24.8 Å². The van der Waals surface area contributed by atoms with Gasteiger partial charge in [-0.15, -0.1) is 0 Å². The summed E-state index contributed by atoms with van der Waals surface area (Å²) in [6.45, 7) is 4.56. The molecular weight excluding hydrogens is 264 g/mol. The Labute approximate surface area is 127 Å². The first-order valence-corrected chi connectivity index (χ1v) is 7.96.